The van der Waals surface area contributed by atoms with Crippen LogP contribution in [0.2, 0.25) is 15.1 Å². The van der Waals surface area contributed by atoms with E-state index in [9.17, 15) is 4.79 Å². The number of hydrogen-bond acceptors (Lipinski definition) is 4. The zero-order chi connectivity index (χ0) is 23.1. The summed E-state index contributed by atoms with van der Waals surface area (Å²) in [4.78, 5) is 13.5. The van der Waals surface area contributed by atoms with Gasteiger partial charge < -0.3 is 0 Å². The summed E-state index contributed by atoms with van der Waals surface area (Å²) in [6.45, 7) is 3.94. The minimum absolute atomic E-state index is 0.0972. The molecule has 2 fully saturated rings. The van der Waals surface area contributed by atoms with E-state index >= 15 is 0 Å². The summed E-state index contributed by atoms with van der Waals surface area (Å²) < 4.78 is 0. The van der Waals surface area contributed by atoms with Gasteiger partial charge >= 0.3 is 0 Å². The van der Waals surface area contributed by atoms with Gasteiger partial charge in [0, 0.05) is 29.1 Å². The van der Waals surface area contributed by atoms with E-state index in [0.717, 1.165) is 30.8 Å². The number of halogens is 3. The number of fused-ring (bicyclic) bond motifs is 1. The van der Waals surface area contributed by atoms with Crippen molar-refractivity contribution in [1.82, 2.24) is 10.4 Å². The first-order chi connectivity index (χ1) is 15.9. The van der Waals surface area contributed by atoms with Gasteiger partial charge in [-0.1, -0.05) is 60.3 Å². The molecule has 2 aliphatic heterocycles. The number of hydrazone groups is 1. The van der Waals surface area contributed by atoms with Gasteiger partial charge in [0.15, 0.2) is 0 Å². The predicted molar refractivity (Wildman–Crippen MR) is 135 cm³/mol. The van der Waals surface area contributed by atoms with Gasteiger partial charge in [0.25, 0.3) is 5.91 Å². The Morgan fingerprint density at radius 3 is 2.33 bits per heavy atom. The maximum absolute atomic E-state index is 13.5. The van der Waals surface area contributed by atoms with Crippen molar-refractivity contribution in [1.29, 1.82) is 0 Å². The molecule has 0 spiro atoms. The van der Waals surface area contributed by atoms with Crippen LogP contribution >= 0.6 is 34.8 Å². The van der Waals surface area contributed by atoms with Crippen molar-refractivity contribution in [3.8, 4) is 0 Å². The molecule has 33 heavy (non-hydrogen) atoms. The molecule has 8 heteroatoms. The molecule has 1 N–H and O–H groups in total. The number of nitrogens with zero attached hydrogens (tertiary/aromatic N) is 3. The van der Waals surface area contributed by atoms with Crippen LogP contribution in [-0.2, 0) is 4.79 Å². The number of hydrogen-bond donors (Lipinski definition) is 1. The molecule has 2 aromatic carbocycles. The summed E-state index contributed by atoms with van der Waals surface area (Å²) in [6, 6.07) is 12.9. The number of carbonyl (C=O) groups excluding carboxylic acids is 1. The molecule has 2 unspecified atom stereocenters. The minimum Gasteiger partial charge on any atom is -0.284 e. The van der Waals surface area contributed by atoms with Gasteiger partial charge in [0.2, 0.25) is 0 Å². The van der Waals surface area contributed by atoms with Crippen LogP contribution in [0.25, 0.3) is 0 Å². The molecule has 0 aromatic heterocycles. The zero-order valence-corrected chi connectivity index (χ0v) is 20.7. The summed E-state index contributed by atoms with van der Waals surface area (Å²) in [6.07, 6.45) is 4.59. The van der Waals surface area contributed by atoms with Crippen LogP contribution in [0.4, 0.5) is 5.69 Å². The highest BCUT2D eigenvalue weighted by Crippen LogP contribution is 2.44. The van der Waals surface area contributed by atoms with Crippen LogP contribution in [0.5, 0.6) is 0 Å². The van der Waals surface area contributed by atoms with Crippen LogP contribution in [0.15, 0.2) is 47.6 Å². The van der Waals surface area contributed by atoms with E-state index in [0.29, 0.717) is 32.6 Å². The van der Waals surface area contributed by atoms with Crippen molar-refractivity contribution in [3.05, 3.63) is 63.1 Å². The molecule has 174 valence electrons. The molecular weight excluding hydrogens is 479 g/mol. The van der Waals surface area contributed by atoms with Crippen LogP contribution in [0.3, 0.4) is 0 Å². The second-order valence-corrected chi connectivity index (χ2v) is 10.5. The van der Waals surface area contributed by atoms with Crippen LogP contribution in [0, 0.1) is 17.8 Å². The monoisotopic (exact) mass is 504 g/mol. The Morgan fingerprint density at radius 1 is 1.03 bits per heavy atom. The van der Waals surface area contributed by atoms with Crippen LogP contribution in [-0.4, -0.2) is 29.7 Å². The van der Waals surface area contributed by atoms with Gasteiger partial charge in [-0.05, 0) is 67.0 Å². The van der Waals surface area contributed by atoms with Crippen molar-refractivity contribution < 1.29 is 4.79 Å². The molecule has 1 saturated carbocycles. The van der Waals surface area contributed by atoms with Crippen molar-refractivity contribution in [2.24, 2.45) is 22.9 Å². The Bertz CT molecular complexity index is 1060. The van der Waals surface area contributed by atoms with Crippen molar-refractivity contribution in [3.63, 3.8) is 0 Å². The van der Waals surface area contributed by atoms with Gasteiger partial charge in [-0.25, -0.2) is 5.01 Å². The normalized spacial score (nSPS) is 27.0. The SMILES string of the molecule is CC[C@@H]1C(C(=O)NN2CC3CCCC3C2)=NN(c2ccc(Cl)cc2Cl)[C@@H]1c1ccc(Cl)cc1. The number of nitrogens with one attached hydrogen (secondary N) is 1. The molecule has 1 aliphatic carbocycles. The smallest absolute Gasteiger partial charge is 0.282 e. The number of rotatable bonds is 5. The summed E-state index contributed by atoms with van der Waals surface area (Å²) in [5.74, 6) is 1.17. The lowest BCUT2D eigenvalue weighted by Gasteiger charge is -2.29. The lowest BCUT2D eigenvalue weighted by atomic mass is 9.87. The van der Waals surface area contributed by atoms with E-state index in [4.69, 9.17) is 39.9 Å². The largest absolute Gasteiger partial charge is 0.284 e. The fourth-order valence-electron chi connectivity index (χ4n) is 5.63. The summed E-state index contributed by atoms with van der Waals surface area (Å²) >= 11 is 18.9. The molecule has 1 saturated heterocycles. The van der Waals surface area contributed by atoms with E-state index in [-0.39, 0.29) is 17.9 Å². The average molecular weight is 506 g/mol. The average Bonchev–Trinajstić information content (AvgIpc) is 3.47. The Kier molecular flexibility index (Phi) is 6.58. The Morgan fingerprint density at radius 2 is 1.70 bits per heavy atom. The Labute approximate surface area is 209 Å². The van der Waals surface area contributed by atoms with Crippen molar-refractivity contribution in [2.75, 3.05) is 18.1 Å². The molecule has 4 atom stereocenters. The van der Waals surface area contributed by atoms with Crippen molar-refractivity contribution >= 4 is 52.1 Å². The minimum atomic E-state index is -0.176. The quantitative estimate of drug-likeness (QED) is 0.515. The van der Waals surface area contributed by atoms with Gasteiger partial charge in [0.05, 0.1) is 16.8 Å². The standard InChI is InChI=1S/C25H27Cl3N4O/c1-2-20-23(25(33)30-31-13-16-4-3-5-17(16)14-31)29-32(22-11-10-19(27)12-21(22)28)24(20)15-6-8-18(26)9-7-15/h6-12,16-17,20,24H,2-5,13-14H2,1H3,(H,30,33)/t16?,17?,20-,24-/m1/s1. The van der Waals surface area contributed by atoms with Gasteiger partial charge in [-0.2, -0.15) is 5.10 Å². The number of hydrazine groups is 1. The van der Waals surface area contributed by atoms with E-state index in [1.54, 1.807) is 12.1 Å². The molecule has 0 bridgehead atoms. The van der Waals surface area contributed by atoms with Gasteiger partial charge in [0.1, 0.15) is 5.71 Å². The summed E-state index contributed by atoms with van der Waals surface area (Å²) in [5, 5.41) is 10.5. The zero-order valence-electron chi connectivity index (χ0n) is 18.5. The fourth-order valence-corrected chi connectivity index (χ4v) is 6.26. The molecule has 2 heterocycles. The topological polar surface area (TPSA) is 47.9 Å². The number of benzene rings is 2. The third-order valence-electron chi connectivity index (χ3n) is 7.24. The van der Waals surface area contributed by atoms with Gasteiger partial charge in [-0.3, -0.25) is 15.2 Å². The van der Waals surface area contributed by atoms with E-state index in [2.05, 4.69) is 17.4 Å². The lowest BCUT2D eigenvalue weighted by Crippen LogP contribution is -2.45. The molecule has 2 aromatic rings. The van der Waals surface area contributed by atoms with Crippen molar-refractivity contribution in [2.45, 2.75) is 38.6 Å². The first-order valence-electron chi connectivity index (χ1n) is 11.6. The van der Waals surface area contributed by atoms with E-state index in [1.165, 1.54) is 19.3 Å². The first-order valence-corrected chi connectivity index (χ1v) is 12.7. The Balaban J connectivity index is 1.47. The fraction of sp³-hybridized carbons (Fsp3) is 0.440. The molecular formula is C25H27Cl3N4O. The molecule has 1 amide bonds. The van der Waals surface area contributed by atoms with Gasteiger partial charge in [-0.15, -0.1) is 0 Å². The maximum Gasteiger partial charge on any atom is 0.282 e. The molecule has 5 rings (SSSR count). The van der Waals surface area contributed by atoms with Crippen LogP contribution in [0.1, 0.15) is 44.2 Å². The van der Waals surface area contributed by atoms with Crippen LogP contribution < -0.4 is 10.4 Å². The highest BCUT2D eigenvalue weighted by atomic mass is 35.5. The third kappa shape index (κ3) is 4.49. The lowest BCUT2D eigenvalue weighted by molar-refractivity contribution is -0.119. The molecule has 0 radical (unpaired) electrons. The third-order valence-corrected chi connectivity index (χ3v) is 8.03. The number of anilines is 1. The highest BCUT2D eigenvalue weighted by Gasteiger charge is 2.43. The summed E-state index contributed by atoms with van der Waals surface area (Å²) in [7, 11) is 0. The first kappa shape index (κ1) is 23.0. The second kappa shape index (κ2) is 9.46. The highest BCUT2D eigenvalue weighted by molar-refractivity contribution is 6.41. The summed E-state index contributed by atoms with van der Waals surface area (Å²) in [5.41, 5.74) is 5.43. The maximum atomic E-state index is 13.5. The molecule has 5 nitrogen and oxygen atoms in total. The molecule has 3 aliphatic rings. The predicted octanol–water partition coefficient (Wildman–Crippen LogP) is 6.35. The number of amides is 1. The second-order valence-electron chi connectivity index (χ2n) is 9.23. The number of carbonyl (C=O) groups is 1. The van der Waals surface area contributed by atoms with E-state index in [1.807, 2.05) is 35.3 Å². The Hall–Kier alpha value is -1.79. The van der Waals surface area contributed by atoms with E-state index < -0.39 is 0 Å².